The zero-order valence-corrected chi connectivity index (χ0v) is 25.7. The Morgan fingerprint density at radius 2 is 1.68 bits per heavy atom. The van der Waals surface area contributed by atoms with Gasteiger partial charge in [0.05, 0.1) is 28.9 Å². The Hall–Kier alpha value is -6.43. The molecule has 4 aromatic carbocycles. The first-order chi connectivity index (χ1) is 22.6. The highest BCUT2D eigenvalue weighted by Crippen LogP contribution is 2.27. The van der Waals surface area contributed by atoms with Crippen molar-refractivity contribution in [1.82, 2.24) is 14.2 Å². The van der Waals surface area contributed by atoms with Crippen molar-refractivity contribution in [2.75, 3.05) is 29.3 Å². The molecule has 236 valence electrons. The van der Waals surface area contributed by atoms with Crippen LogP contribution < -0.4 is 26.8 Å². The second-order valence-corrected chi connectivity index (χ2v) is 10.8. The van der Waals surface area contributed by atoms with Crippen molar-refractivity contribution in [3.8, 4) is 5.69 Å². The molecular formula is C35H30N6O6. The number of hydrogen-bond donors (Lipinski definition) is 3. The van der Waals surface area contributed by atoms with E-state index in [0.29, 0.717) is 50.2 Å². The van der Waals surface area contributed by atoms with Gasteiger partial charge in [-0.3, -0.25) is 24.7 Å². The van der Waals surface area contributed by atoms with Crippen LogP contribution in [0.5, 0.6) is 0 Å². The molecule has 0 atom stereocenters. The maximum absolute atomic E-state index is 13.2. The Kier molecular flexibility index (Phi) is 8.15. The second kappa shape index (κ2) is 12.5. The fourth-order valence-corrected chi connectivity index (χ4v) is 5.24. The Labute approximate surface area is 267 Å². The number of hydrogen-bond acceptors (Lipinski definition) is 6. The third-order valence-electron chi connectivity index (χ3n) is 7.76. The zero-order valence-electron chi connectivity index (χ0n) is 25.7. The average molecular weight is 631 g/mol. The molecule has 0 bridgehead atoms. The highest BCUT2D eigenvalue weighted by Gasteiger charge is 2.17. The highest BCUT2D eigenvalue weighted by molar-refractivity contribution is 6.07. The lowest BCUT2D eigenvalue weighted by Crippen LogP contribution is -2.42. The molecule has 0 saturated heterocycles. The summed E-state index contributed by atoms with van der Waals surface area (Å²) in [5, 5.41) is 4.18. The number of nitrogens with zero attached hydrogens (tertiary/aromatic N) is 3. The summed E-state index contributed by atoms with van der Waals surface area (Å²) < 4.78 is 7.80. The molecule has 3 N–H and O–H groups in total. The fourth-order valence-electron chi connectivity index (χ4n) is 5.24. The quantitative estimate of drug-likeness (QED) is 0.126. The van der Waals surface area contributed by atoms with Gasteiger partial charge in [0.25, 0.3) is 5.91 Å². The largest absolute Gasteiger partial charge is 0.462 e. The molecule has 0 aliphatic carbocycles. The summed E-state index contributed by atoms with van der Waals surface area (Å²) >= 11 is 0. The van der Waals surface area contributed by atoms with Crippen molar-refractivity contribution >= 4 is 51.1 Å². The van der Waals surface area contributed by atoms with Crippen LogP contribution in [-0.2, 0) is 4.74 Å². The number of esters is 1. The Morgan fingerprint density at radius 1 is 0.936 bits per heavy atom. The number of ether oxygens (including phenoxy) is 1. The molecule has 0 fully saturated rings. The van der Waals surface area contributed by atoms with E-state index in [2.05, 4.69) is 15.7 Å². The maximum atomic E-state index is 13.2. The summed E-state index contributed by atoms with van der Waals surface area (Å²) in [6.45, 7) is 3.78. The molecule has 47 heavy (non-hydrogen) atoms. The molecule has 0 aliphatic heterocycles. The van der Waals surface area contributed by atoms with Crippen LogP contribution in [0.15, 0.2) is 107 Å². The van der Waals surface area contributed by atoms with E-state index in [-0.39, 0.29) is 6.61 Å². The van der Waals surface area contributed by atoms with Crippen molar-refractivity contribution in [3.05, 3.63) is 135 Å². The van der Waals surface area contributed by atoms with Crippen molar-refractivity contribution in [2.45, 2.75) is 13.8 Å². The van der Waals surface area contributed by atoms with Gasteiger partial charge in [0.1, 0.15) is 0 Å². The number of carbonyl (C=O) groups excluding carboxylic acids is 3. The number of amides is 3. The van der Waals surface area contributed by atoms with Crippen LogP contribution in [0.3, 0.4) is 0 Å². The first-order valence-corrected chi connectivity index (χ1v) is 14.7. The van der Waals surface area contributed by atoms with E-state index in [1.807, 2.05) is 28.8 Å². The number of aromatic nitrogens is 3. The predicted molar refractivity (Wildman–Crippen MR) is 180 cm³/mol. The van der Waals surface area contributed by atoms with Gasteiger partial charge in [-0.2, -0.15) is 0 Å². The van der Waals surface area contributed by atoms with Crippen LogP contribution in [0.2, 0.25) is 0 Å². The van der Waals surface area contributed by atoms with Gasteiger partial charge in [0, 0.05) is 41.8 Å². The number of nitrogens with one attached hydrogen (secondary N) is 3. The van der Waals surface area contributed by atoms with Crippen LogP contribution in [-0.4, -0.2) is 45.8 Å². The molecule has 0 spiro atoms. The minimum atomic E-state index is -0.927. The average Bonchev–Trinajstić information content (AvgIpc) is 3.57. The monoisotopic (exact) mass is 630 g/mol. The van der Waals surface area contributed by atoms with Gasteiger partial charge in [-0.1, -0.05) is 30.3 Å². The first-order valence-electron chi connectivity index (χ1n) is 14.7. The first kappa shape index (κ1) is 30.6. The lowest BCUT2D eigenvalue weighted by molar-refractivity contribution is 0.0526. The highest BCUT2D eigenvalue weighted by atomic mass is 16.5. The van der Waals surface area contributed by atoms with Gasteiger partial charge in [0.2, 0.25) is 0 Å². The number of anilines is 2. The van der Waals surface area contributed by atoms with Gasteiger partial charge < -0.3 is 19.6 Å². The SMILES string of the molecule is CCOC(=O)c1ccc(NC(=O)N(C)c2ccn(-c3ccc4ccc5[nH]c(=O)c(=O)n(NC(=O)c6ccccc6C)c5c4c3)c2)cc1. The molecule has 2 heterocycles. The number of urea groups is 1. The van der Waals surface area contributed by atoms with E-state index in [1.54, 1.807) is 94.0 Å². The normalized spacial score (nSPS) is 11.0. The summed E-state index contributed by atoms with van der Waals surface area (Å²) in [5.74, 6) is -0.967. The third kappa shape index (κ3) is 5.99. The summed E-state index contributed by atoms with van der Waals surface area (Å²) in [7, 11) is 1.63. The predicted octanol–water partition coefficient (Wildman–Crippen LogP) is 5.17. The van der Waals surface area contributed by atoms with Gasteiger partial charge in [-0.05, 0) is 79.4 Å². The minimum absolute atomic E-state index is 0.270. The van der Waals surface area contributed by atoms with E-state index < -0.39 is 29.0 Å². The van der Waals surface area contributed by atoms with Crippen LogP contribution in [0.4, 0.5) is 16.2 Å². The van der Waals surface area contributed by atoms with Crippen LogP contribution >= 0.6 is 0 Å². The third-order valence-corrected chi connectivity index (χ3v) is 7.76. The molecule has 6 aromatic rings. The van der Waals surface area contributed by atoms with E-state index in [9.17, 15) is 24.0 Å². The van der Waals surface area contributed by atoms with Gasteiger partial charge in [0.15, 0.2) is 0 Å². The fraction of sp³-hybridized carbons (Fsp3) is 0.114. The number of aryl methyl sites for hydroxylation is 1. The topological polar surface area (TPSA) is 148 Å². The molecule has 0 aliphatic rings. The Balaban J connectivity index is 1.31. The number of rotatable bonds is 7. The summed E-state index contributed by atoms with van der Waals surface area (Å²) in [4.78, 5) is 67.9. The molecule has 2 aromatic heterocycles. The number of H-pyrrole nitrogens is 1. The van der Waals surface area contributed by atoms with Crippen LogP contribution in [0.25, 0.3) is 27.5 Å². The molecule has 3 amide bonds. The van der Waals surface area contributed by atoms with E-state index in [1.165, 1.54) is 4.90 Å². The van der Waals surface area contributed by atoms with Gasteiger partial charge in [-0.15, -0.1) is 0 Å². The molecule has 0 unspecified atom stereocenters. The molecule has 12 heteroatoms. The number of carbonyl (C=O) groups is 3. The van der Waals surface area contributed by atoms with Crippen LogP contribution in [0.1, 0.15) is 33.2 Å². The molecule has 0 saturated carbocycles. The summed E-state index contributed by atoms with van der Waals surface area (Å²) in [6.07, 6.45) is 3.55. The molecule has 0 radical (unpaired) electrons. The van der Waals surface area contributed by atoms with Gasteiger partial charge in [-0.25, -0.2) is 14.3 Å². The van der Waals surface area contributed by atoms with Crippen molar-refractivity contribution in [1.29, 1.82) is 0 Å². The Bertz CT molecular complexity index is 2300. The van der Waals surface area contributed by atoms with E-state index in [0.717, 1.165) is 10.1 Å². The standard InChI is InChI=1S/C35H30N6O6/c1-4-47-34(45)23-9-13-24(14-10-23)36-35(46)39(3)26-17-18-40(20-26)25-15-11-22-12-16-29-30(28(22)19-25)41(33(44)32(43)37-29)38-31(42)27-8-6-5-7-21(27)2/h5-20H,4H2,1-3H3,(H,36,46)(H,37,43)(H,38,42). The van der Waals surface area contributed by atoms with Crippen LogP contribution in [0, 0.1) is 6.92 Å². The maximum Gasteiger partial charge on any atom is 0.338 e. The zero-order chi connectivity index (χ0) is 33.2. The van der Waals surface area contributed by atoms with Crippen molar-refractivity contribution in [3.63, 3.8) is 0 Å². The van der Waals surface area contributed by atoms with Gasteiger partial charge >= 0.3 is 23.1 Å². The Morgan fingerprint density at radius 3 is 2.43 bits per heavy atom. The smallest absolute Gasteiger partial charge is 0.338 e. The molecule has 6 rings (SSSR count). The van der Waals surface area contributed by atoms with E-state index >= 15 is 0 Å². The number of benzene rings is 4. The minimum Gasteiger partial charge on any atom is -0.462 e. The van der Waals surface area contributed by atoms with Crippen molar-refractivity contribution in [2.24, 2.45) is 0 Å². The number of aromatic amines is 1. The molecular weight excluding hydrogens is 600 g/mol. The number of fused-ring (bicyclic) bond motifs is 3. The lowest BCUT2D eigenvalue weighted by Gasteiger charge is -2.17. The van der Waals surface area contributed by atoms with E-state index in [4.69, 9.17) is 4.74 Å². The second-order valence-electron chi connectivity index (χ2n) is 10.8. The summed E-state index contributed by atoms with van der Waals surface area (Å²) in [5.41, 5.74) is 4.80. The lowest BCUT2D eigenvalue weighted by atomic mass is 10.1. The molecule has 12 nitrogen and oxygen atoms in total. The summed E-state index contributed by atoms with van der Waals surface area (Å²) in [6, 6.07) is 23.8. The van der Waals surface area contributed by atoms with Crippen molar-refractivity contribution < 1.29 is 19.1 Å².